The molecule has 0 aliphatic rings. The van der Waals surface area contributed by atoms with E-state index in [9.17, 15) is 8.42 Å². The van der Waals surface area contributed by atoms with Gasteiger partial charge in [-0.05, 0) is 0 Å². The normalized spacial score (nSPS) is 10.2. The van der Waals surface area contributed by atoms with E-state index in [4.69, 9.17) is 0 Å². The Morgan fingerprint density at radius 3 is 1.38 bits per heavy atom. The molecule has 0 unspecified atom stereocenters. The molecule has 0 aliphatic heterocycles. The Morgan fingerprint density at radius 1 is 1.12 bits per heavy atom. The average Bonchev–Trinajstić information content (AvgIpc) is 1.68. The van der Waals surface area contributed by atoms with Crippen molar-refractivity contribution in [3.63, 3.8) is 0 Å². The van der Waals surface area contributed by atoms with Gasteiger partial charge in [0.15, 0.2) is 0 Å². The van der Waals surface area contributed by atoms with Crippen LogP contribution in [0, 0.1) is 0 Å². The molecule has 0 bridgehead atoms. The third kappa shape index (κ3) is 4.63. The first-order chi connectivity index (χ1) is 3.12. The van der Waals surface area contributed by atoms with Gasteiger partial charge in [-0.1, -0.05) is 0 Å². The van der Waals surface area contributed by atoms with Crippen LogP contribution in [-0.4, -0.2) is 8.42 Å². The topological polar surface area (TPSA) is 105 Å². The van der Waals surface area contributed by atoms with Gasteiger partial charge in [-0.2, -0.15) is 28.8 Å². The molecule has 6 nitrogen and oxygen atoms in total. The number of hydrogen-bond acceptors (Lipinski definition) is 6. The molecule has 8 heavy (non-hydrogen) atoms. The Labute approximate surface area is 60.6 Å². The molecule has 0 saturated heterocycles. The second-order valence-corrected chi connectivity index (χ2v) is 1.80. The molecule has 0 atom stereocenters. The summed E-state index contributed by atoms with van der Waals surface area (Å²) >= 11 is 0. The van der Waals surface area contributed by atoms with Crippen molar-refractivity contribution in [2.75, 3.05) is 0 Å². The average molecular weight is 323 g/mol. The maximum Gasteiger partial charge on any atom is 0.431 e. The fourth-order valence-electron chi connectivity index (χ4n) is 0.0227. The summed E-state index contributed by atoms with van der Waals surface area (Å²) in [6, 6.07) is 0. The van der Waals surface area contributed by atoms with Crippen molar-refractivity contribution >= 4 is 10.4 Å². The molecule has 0 spiro atoms. The van der Waals surface area contributed by atoms with Crippen LogP contribution in [0.2, 0.25) is 0 Å². The predicted octanol–water partition coefficient (Wildman–Crippen LogP) is -1.99. The SMILES string of the molecule is NOS(=O)(=O)ON.[Pt]. The zero-order valence-corrected chi connectivity index (χ0v) is 6.60. The van der Waals surface area contributed by atoms with Crippen LogP contribution in [0.5, 0.6) is 0 Å². The van der Waals surface area contributed by atoms with Gasteiger partial charge in [0.05, 0.1) is 0 Å². The van der Waals surface area contributed by atoms with Gasteiger partial charge >= 0.3 is 10.4 Å². The zero-order valence-electron chi connectivity index (χ0n) is 3.51. The maximum absolute atomic E-state index is 9.67. The molecule has 0 aliphatic carbocycles. The number of nitrogens with two attached hydrogens (primary N) is 2. The molecule has 0 amide bonds. The van der Waals surface area contributed by atoms with E-state index in [-0.39, 0.29) is 21.1 Å². The molecule has 0 saturated carbocycles. The van der Waals surface area contributed by atoms with Crippen LogP contribution in [0.3, 0.4) is 0 Å². The second kappa shape index (κ2) is 4.37. The fraction of sp³-hybridized carbons (Fsp3) is 0. The Hall–Kier alpha value is 0.478. The summed E-state index contributed by atoms with van der Waals surface area (Å²) < 4.78 is 25.8. The van der Waals surface area contributed by atoms with Crippen molar-refractivity contribution in [3.8, 4) is 0 Å². The smallest absolute Gasteiger partial charge is 0.196 e. The van der Waals surface area contributed by atoms with E-state index in [1.807, 2.05) is 0 Å². The molecule has 0 rings (SSSR count). The number of hydrogen-bond donors (Lipinski definition) is 2. The van der Waals surface area contributed by atoms with Crippen molar-refractivity contribution in [2.24, 2.45) is 11.8 Å². The summed E-state index contributed by atoms with van der Waals surface area (Å²) in [7, 11) is -4.10. The molecule has 4 N–H and O–H groups in total. The standard InChI is InChI=1S/H4N2O4S.Pt/c1-5-7(3,4)6-2;/h1-2H2;. The van der Waals surface area contributed by atoms with E-state index < -0.39 is 10.4 Å². The molecule has 0 radical (unpaired) electrons. The quantitative estimate of drug-likeness (QED) is 0.570. The predicted molar refractivity (Wildman–Crippen MR) is 19.5 cm³/mol. The Balaban J connectivity index is 0. The van der Waals surface area contributed by atoms with E-state index in [1.54, 1.807) is 0 Å². The van der Waals surface area contributed by atoms with Crippen molar-refractivity contribution in [2.45, 2.75) is 0 Å². The van der Waals surface area contributed by atoms with Gasteiger partial charge in [0, 0.05) is 21.1 Å². The zero-order chi connectivity index (χ0) is 5.91. The number of rotatable bonds is 2. The minimum Gasteiger partial charge on any atom is -0.196 e. The molecule has 8 heteroatoms. The first-order valence-electron chi connectivity index (χ1n) is 1.14. The minimum atomic E-state index is -4.10. The summed E-state index contributed by atoms with van der Waals surface area (Å²) in [5.41, 5.74) is 0. The molecular weight excluding hydrogens is 319 g/mol. The van der Waals surface area contributed by atoms with Crippen LogP contribution < -0.4 is 11.8 Å². The van der Waals surface area contributed by atoms with Crippen LogP contribution in [0.1, 0.15) is 0 Å². The van der Waals surface area contributed by atoms with Gasteiger partial charge in [-0.15, -0.1) is 0 Å². The van der Waals surface area contributed by atoms with Gasteiger partial charge in [-0.25, -0.2) is 0 Å². The van der Waals surface area contributed by atoms with Crippen LogP contribution >= 0.6 is 0 Å². The Bertz CT molecular complexity index is 117. The monoisotopic (exact) mass is 323 g/mol. The van der Waals surface area contributed by atoms with Crippen LogP contribution in [0.25, 0.3) is 0 Å². The molecule has 0 heterocycles. The maximum atomic E-state index is 9.67. The largest absolute Gasteiger partial charge is 0.431 e. The van der Waals surface area contributed by atoms with Crippen LogP contribution in [-0.2, 0) is 40.0 Å². The Kier molecular flexibility index (Phi) is 6.17. The van der Waals surface area contributed by atoms with Gasteiger partial charge in [-0.3, -0.25) is 0 Å². The molecular formula is H4N2O4PtS. The van der Waals surface area contributed by atoms with Crippen LogP contribution in [0.4, 0.5) is 0 Å². The summed E-state index contributed by atoms with van der Waals surface area (Å²) in [5, 5.41) is 0. The van der Waals surface area contributed by atoms with Crippen molar-refractivity contribution in [1.82, 2.24) is 0 Å². The first-order valence-corrected chi connectivity index (χ1v) is 2.47. The van der Waals surface area contributed by atoms with Gasteiger partial charge in [0.25, 0.3) is 0 Å². The summed E-state index contributed by atoms with van der Waals surface area (Å²) in [6.45, 7) is 0. The third-order valence-corrected chi connectivity index (χ3v) is 0.707. The van der Waals surface area contributed by atoms with E-state index in [2.05, 4.69) is 20.4 Å². The van der Waals surface area contributed by atoms with Crippen molar-refractivity contribution < 1.29 is 38.1 Å². The molecule has 0 fully saturated rings. The second-order valence-electron chi connectivity index (χ2n) is 0.601. The van der Waals surface area contributed by atoms with E-state index in [0.29, 0.717) is 0 Å². The minimum absolute atomic E-state index is 0. The third-order valence-electron chi connectivity index (χ3n) is 0.236. The summed E-state index contributed by atoms with van der Waals surface area (Å²) in [6.07, 6.45) is 0. The van der Waals surface area contributed by atoms with Gasteiger partial charge < -0.3 is 0 Å². The molecule has 0 aromatic carbocycles. The van der Waals surface area contributed by atoms with E-state index in [1.165, 1.54) is 0 Å². The van der Waals surface area contributed by atoms with E-state index >= 15 is 0 Å². The summed E-state index contributed by atoms with van der Waals surface area (Å²) in [4.78, 5) is 0. The molecule has 54 valence electrons. The Morgan fingerprint density at radius 2 is 1.38 bits per heavy atom. The van der Waals surface area contributed by atoms with Crippen LogP contribution in [0.15, 0.2) is 0 Å². The van der Waals surface area contributed by atoms with Gasteiger partial charge in [0.1, 0.15) is 0 Å². The molecule has 0 aromatic heterocycles. The molecule has 0 aromatic rings. The van der Waals surface area contributed by atoms with E-state index in [0.717, 1.165) is 0 Å². The van der Waals surface area contributed by atoms with Gasteiger partial charge in [0.2, 0.25) is 0 Å². The fourth-order valence-corrected chi connectivity index (χ4v) is 0.0680. The van der Waals surface area contributed by atoms with Crippen molar-refractivity contribution in [1.29, 1.82) is 0 Å². The summed E-state index contributed by atoms with van der Waals surface area (Å²) in [5.74, 6) is 8.25. The first kappa shape index (κ1) is 11.3. The van der Waals surface area contributed by atoms with Crippen molar-refractivity contribution in [3.05, 3.63) is 0 Å².